The second-order valence-corrected chi connectivity index (χ2v) is 3.24. The number of carboxylic acid groups (broad SMARTS) is 1. The lowest BCUT2D eigenvalue weighted by Crippen LogP contribution is -1.99. The summed E-state index contributed by atoms with van der Waals surface area (Å²) in [6, 6.07) is 7.41. The van der Waals surface area contributed by atoms with E-state index in [4.69, 9.17) is 5.11 Å². The van der Waals surface area contributed by atoms with E-state index in [1.165, 1.54) is 0 Å². The maximum atomic E-state index is 10.5. The second kappa shape index (κ2) is 3.96. The third-order valence-electron chi connectivity index (χ3n) is 2.09. The van der Waals surface area contributed by atoms with E-state index >= 15 is 0 Å². The average molecular weight is 202 g/mol. The van der Waals surface area contributed by atoms with Gasteiger partial charge in [0.15, 0.2) is 0 Å². The van der Waals surface area contributed by atoms with E-state index in [0.717, 1.165) is 16.8 Å². The minimum Gasteiger partial charge on any atom is -0.481 e. The summed E-state index contributed by atoms with van der Waals surface area (Å²) in [6.07, 6.45) is 3.35. The predicted octanol–water partition coefficient (Wildman–Crippen LogP) is 1.70. The lowest BCUT2D eigenvalue weighted by molar-refractivity contribution is -0.136. The summed E-state index contributed by atoms with van der Waals surface area (Å²) in [5.41, 5.74) is 2.63. The number of hydrogen-bond donors (Lipinski definition) is 2. The number of benzene rings is 1. The van der Waals surface area contributed by atoms with Crippen LogP contribution in [0.1, 0.15) is 5.56 Å². The van der Waals surface area contributed by atoms with Crippen molar-refractivity contribution in [2.75, 3.05) is 0 Å². The van der Waals surface area contributed by atoms with Crippen molar-refractivity contribution in [1.82, 2.24) is 9.97 Å². The molecule has 4 heteroatoms. The number of carboxylic acids is 1. The van der Waals surface area contributed by atoms with Gasteiger partial charge in [0.1, 0.15) is 0 Å². The predicted molar refractivity (Wildman–Crippen MR) is 55.4 cm³/mol. The summed E-state index contributed by atoms with van der Waals surface area (Å²) in [7, 11) is 0. The van der Waals surface area contributed by atoms with Crippen molar-refractivity contribution in [1.29, 1.82) is 0 Å². The molecule has 0 unspecified atom stereocenters. The fourth-order valence-electron chi connectivity index (χ4n) is 1.44. The minimum absolute atomic E-state index is 0.0436. The van der Waals surface area contributed by atoms with E-state index < -0.39 is 5.97 Å². The molecule has 0 aliphatic heterocycles. The summed E-state index contributed by atoms with van der Waals surface area (Å²) in [4.78, 5) is 17.4. The summed E-state index contributed by atoms with van der Waals surface area (Å²) >= 11 is 0. The molecular formula is C11H10N2O2. The van der Waals surface area contributed by atoms with E-state index in [1.807, 2.05) is 18.2 Å². The number of aromatic amines is 1. The molecule has 1 aromatic carbocycles. The number of aliphatic carboxylic acids is 1. The van der Waals surface area contributed by atoms with Crippen molar-refractivity contribution in [2.24, 2.45) is 0 Å². The van der Waals surface area contributed by atoms with Gasteiger partial charge < -0.3 is 10.1 Å². The van der Waals surface area contributed by atoms with Crippen LogP contribution in [0.3, 0.4) is 0 Å². The molecule has 0 radical (unpaired) electrons. The standard InChI is InChI=1S/C11H10N2O2/c14-11(15)5-8-2-1-3-9(4-8)10-6-12-7-13-10/h1-4,6-7H,5H2,(H,12,13)(H,14,15). The van der Waals surface area contributed by atoms with Crippen molar-refractivity contribution >= 4 is 5.97 Å². The van der Waals surface area contributed by atoms with E-state index in [0.29, 0.717) is 0 Å². The van der Waals surface area contributed by atoms with Crippen LogP contribution in [0.25, 0.3) is 11.3 Å². The van der Waals surface area contributed by atoms with Gasteiger partial charge in [-0.2, -0.15) is 0 Å². The third-order valence-corrected chi connectivity index (χ3v) is 2.09. The number of hydrogen-bond acceptors (Lipinski definition) is 2. The summed E-state index contributed by atoms with van der Waals surface area (Å²) < 4.78 is 0. The van der Waals surface area contributed by atoms with Crippen LogP contribution in [-0.4, -0.2) is 21.0 Å². The van der Waals surface area contributed by atoms with Gasteiger partial charge in [-0.1, -0.05) is 18.2 Å². The summed E-state index contributed by atoms with van der Waals surface area (Å²) in [5, 5.41) is 8.67. The zero-order valence-electron chi connectivity index (χ0n) is 7.97. The molecule has 1 heterocycles. The van der Waals surface area contributed by atoms with Crippen LogP contribution in [0.5, 0.6) is 0 Å². The number of rotatable bonds is 3. The zero-order valence-corrected chi connectivity index (χ0v) is 7.97. The number of nitrogens with zero attached hydrogens (tertiary/aromatic N) is 1. The van der Waals surface area contributed by atoms with E-state index in [2.05, 4.69) is 9.97 Å². The largest absolute Gasteiger partial charge is 0.481 e. The molecular weight excluding hydrogens is 192 g/mol. The Morgan fingerprint density at radius 3 is 3.00 bits per heavy atom. The zero-order chi connectivity index (χ0) is 10.7. The Labute approximate surface area is 86.6 Å². The van der Waals surface area contributed by atoms with Gasteiger partial charge in [-0.25, -0.2) is 4.98 Å². The first-order valence-corrected chi connectivity index (χ1v) is 4.55. The second-order valence-electron chi connectivity index (χ2n) is 3.24. The normalized spacial score (nSPS) is 10.1. The maximum Gasteiger partial charge on any atom is 0.307 e. The van der Waals surface area contributed by atoms with Gasteiger partial charge >= 0.3 is 5.97 Å². The number of aromatic nitrogens is 2. The van der Waals surface area contributed by atoms with Crippen molar-refractivity contribution in [3.63, 3.8) is 0 Å². The Morgan fingerprint density at radius 1 is 1.47 bits per heavy atom. The van der Waals surface area contributed by atoms with Crippen LogP contribution in [0.4, 0.5) is 0 Å². The number of H-pyrrole nitrogens is 1. The van der Waals surface area contributed by atoms with Crippen LogP contribution >= 0.6 is 0 Å². The molecule has 0 spiro atoms. The molecule has 0 atom stereocenters. The van der Waals surface area contributed by atoms with Gasteiger partial charge in [0.25, 0.3) is 0 Å². The van der Waals surface area contributed by atoms with Crippen molar-refractivity contribution in [3.05, 3.63) is 42.4 Å². The monoisotopic (exact) mass is 202 g/mol. The SMILES string of the molecule is O=C(O)Cc1cccc(-c2cnc[nH]2)c1. The van der Waals surface area contributed by atoms with Crippen molar-refractivity contribution < 1.29 is 9.90 Å². The smallest absolute Gasteiger partial charge is 0.307 e. The quantitative estimate of drug-likeness (QED) is 0.796. The average Bonchev–Trinajstić information content (AvgIpc) is 2.69. The summed E-state index contributed by atoms with van der Waals surface area (Å²) in [6.45, 7) is 0. The van der Waals surface area contributed by atoms with E-state index in [-0.39, 0.29) is 6.42 Å². The third kappa shape index (κ3) is 2.22. The van der Waals surface area contributed by atoms with Crippen molar-refractivity contribution in [3.8, 4) is 11.3 Å². The molecule has 2 rings (SSSR count). The molecule has 0 aliphatic rings. The molecule has 2 aromatic rings. The van der Waals surface area contributed by atoms with Crippen LogP contribution in [0, 0.1) is 0 Å². The number of carbonyl (C=O) groups is 1. The molecule has 0 fully saturated rings. The van der Waals surface area contributed by atoms with E-state index in [1.54, 1.807) is 18.6 Å². The van der Waals surface area contributed by atoms with Crippen LogP contribution in [0.2, 0.25) is 0 Å². The molecule has 15 heavy (non-hydrogen) atoms. The van der Waals surface area contributed by atoms with E-state index in [9.17, 15) is 4.79 Å². The van der Waals surface area contributed by atoms with Gasteiger partial charge in [-0.05, 0) is 17.2 Å². The first-order valence-electron chi connectivity index (χ1n) is 4.55. The fourth-order valence-corrected chi connectivity index (χ4v) is 1.44. The highest BCUT2D eigenvalue weighted by molar-refractivity contribution is 5.71. The Bertz CT molecular complexity index is 463. The Kier molecular flexibility index (Phi) is 2.49. The van der Waals surface area contributed by atoms with Crippen LogP contribution in [0.15, 0.2) is 36.8 Å². The van der Waals surface area contributed by atoms with Crippen LogP contribution < -0.4 is 0 Å². The Balaban J connectivity index is 2.31. The molecule has 0 amide bonds. The molecule has 76 valence electrons. The molecule has 4 nitrogen and oxygen atoms in total. The molecule has 1 aromatic heterocycles. The number of nitrogens with one attached hydrogen (secondary N) is 1. The lowest BCUT2D eigenvalue weighted by Gasteiger charge is -2.00. The van der Waals surface area contributed by atoms with Crippen molar-refractivity contribution in [2.45, 2.75) is 6.42 Å². The van der Waals surface area contributed by atoms with Gasteiger partial charge in [0, 0.05) is 0 Å². The van der Waals surface area contributed by atoms with Gasteiger partial charge in [-0.15, -0.1) is 0 Å². The highest BCUT2D eigenvalue weighted by atomic mass is 16.4. The minimum atomic E-state index is -0.822. The van der Waals surface area contributed by atoms with Gasteiger partial charge in [0.05, 0.1) is 24.6 Å². The lowest BCUT2D eigenvalue weighted by atomic mass is 10.1. The molecule has 0 bridgehead atoms. The summed E-state index contributed by atoms with van der Waals surface area (Å²) in [5.74, 6) is -0.822. The first-order chi connectivity index (χ1) is 7.25. The molecule has 0 saturated heterocycles. The fraction of sp³-hybridized carbons (Fsp3) is 0.0909. The van der Waals surface area contributed by atoms with Gasteiger partial charge in [-0.3, -0.25) is 4.79 Å². The van der Waals surface area contributed by atoms with Gasteiger partial charge in [0.2, 0.25) is 0 Å². The molecule has 0 saturated carbocycles. The first kappa shape index (κ1) is 9.45. The molecule has 2 N–H and O–H groups in total. The number of imidazole rings is 1. The topological polar surface area (TPSA) is 66.0 Å². The highest BCUT2D eigenvalue weighted by Crippen LogP contribution is 2.17. The Hall–Kier alpha value is -2.10. The maximum absolute atomic E-state index is 10.5. The Morgan fingerprint density at radius 2 is 2.33 bits per heavy atom. The highest BCUT2D eigenvalue weighted by Gasteiger charge is 2.03. The molecule has 0 aliphatic carbocycles. The van der Waals surface area contributed by atoms with Crippen LogP contribution in [-0.2, 0) is 11.2 Å².